The van der Waals surface area contributed by atoms with Crippen LogP contribution in [0.3, 0.4) is 0 Å². The average molecular weight is 374 g/mol. The maximum atomic E-state index is 12.6. The van der Waals surface area contributed by atoms with Crippen LogP contribution in [0.4, 0.5) is 11.4 Å². The third-order valence-electron chi connectivity index (χ3n) is 4.03. The second-order valence-corrected chi connectivity index (χ2v) is 7.99. The Balaban J connectivity index is 1.99. The van der Waals surface area contributed by atoms with Crippen LogP contribution < -0.4 is 15.0 Å². The summed E-state index contributed by atoms with van der Waals surface area (Å²) in [5, 5.41) is 1.54. The molecule has 3 rings (SSSR count). The Labute approximate surface area is 151 Å². The summed E-state index contributed by atoms with van der Waals surface area (Å²) in [6.07, 6.45) is 0. The number of sulfone groups is 1. The molecule has 0 spiro atoms. The summed E-state index contributed by atoms with van der Waals surface area (Å²) in [5.41, 5.74) is 1.50. The highest BCUT2D eigenvalue weighted by Crippen LogP contribution is 2.38. The zero-order valence-corrected chi connectivity index (χ0v) is 15.1. The number of carbonyl (C=O) groups excluding carboxylic acids is 2. The first kappa shape index (κ1) is 17.9. The fourth-order valence-electron chi connectivity index (χ4n) is 2.92. The smallest absolute Gasteiger partial charge is 0.243 e. The van der Waals surface area contributed by atoms with Gasteiger partial charge in [0.05, 0.1) is 7.11 Å². The van der Waals surface area contributed by atoms with Crippen molar-refractivity contribution in [1.82, 2.24) is 0 Å². The number of benzene rings is 2. The molecule has 0 aromatic heterocycles. The number of ether oxygens (including phenoxy) is 1. The van der Waals surface area contributed by atoms with Crippen LogP contribution in [-0.2, 0) is 19.4 Å². The van der Waals surface area contributed by atoms with Gasteiger partial charge in [-0.3, -0.25) is 14.5 Å². The van der Waals surface area contributed by atoms with Gasteiger partial charge in [0.25, 0.3) is 0 Å². The molecule has 2 aromatic carbocycles. The van der Waals surface area contributed by atoms with E-state index < -0.39 is 26.9 Å². The number of nitrogens with one attached hydrogen (secondary N) is 1. The third kappa shape index (κ3) is 3.41. The zero-order chi connectivity index (χ0) is 18.9. The summed E-state index contributed by atoms with van der Waals surface area (Å²) in [4.78, 5) is 24.8. The molecule has 136 valence electrons. The Kier molecular flexibility index (Phi) is 4.69. The third-order valence-corrected chi connectivity index (χ3v) is 5.85. The van der Waals surface area contributed by atoms with Gasteiger partial charge in [0.1, 0.15) is 11.5 Å². The maximum absolute atomic E-state index is 12.6. The van der Waals surface area contributed by atoms with Crippen molar-refractivity contribution in [2.75, 3.05) is 23.1 Å². The molecule has 2 amide bonds. The summed E-state index contributed by atoms with van der Waals surface area (Å²) in [6, 6.07) is 13.1. The summed E-state index contributed by atoms with van der Waals surface area (Å²) in [6.45, 7) is 1.39. The van der Waals surface area contributed by atoms with Crippen molar-refractivity contribution in [3.8, 4) is 5.75 Å². The average Bonchev–Trinajstić information content (AvgIpc) is 2.84. The van der Waals surface area contributed by atoms with E-state index in [-0.39, 0.29) is 5.91 Å². The molecule has 1 N–H and O–H groups in total. The molecule has 2 aromatic rings. The van der Waals surface area contributed by atoms with Crippen molar-refractivity contribution in [3.63, 3.8) is 0 Å². The number of nitrogens with zero attached hydrogens (tertiary/aromatic N) is 1. The minimum absolute atomic E-state index is 0.214. The van der Waals surface area contributed by atoms with Crippen molar-refractivity contribution in [2.45, 2.75) is 12.3 Å². The molecular weight excluding hydrogens is 356 g/mol. The highest BCUT2D eigenvalue weighted by Gasteiger charge is 2.45. The predicted octanol–water partition coefficient (Wildman–Crippen LogP) is 2.11. The Bertz CT molecular complexity index is 937. The molecule has 0 aliphatic carbocycles. The molecule has 0 unspecified atom stereocenters. The maximum Gasteiger partial charge on any atom is 0.243 e. The van der Waals surface area contributed by atoms with Crippen LogP contribution in [0.2, 0.25) is 0 Å². The SMILES string of the molecule is COc1ccc([C@H]2N(c3ccc(NC(C)=O)cc3)C(=O)CS2(=O)=O)cc1. The first-order chi connectivity index (χ1) is 12.3. The van der Waals surface area contributed by atoms with Crippen molar-refractivity contribution in [3.05, 3.63) is 54.1 Å². The van der Waals surface area contributed by atoms with E-state index in [4.69, 9.17) is 4.74 Å². The lowest BCUT2D eigenvalue weighted by Gasteiger charge is -2.24. The lowest BCUT2D eigenvalue weighted by molar-refractivity contribution is -0.116. The van der Waals surface area contributed by atoms with Gasteiger partial charge in [-0.15, -0.1) is 0 Å². The molecule has 1 fully saturated rings. The monoisotopic (exact) mass is 374 g/mol. The largest absolute Gasteiger partial charge is 0.497 e. The quantitative estimate of drug-likeness (QED) is 0.885. The van der Waals surface area contributed by atoms with E-state index in [1.54, 1.807) is 48.5 Å². The number of anilines is 2. The summed E-state index contributed by atoms with van der Waals surface area (Å²) < 4.78 is 30.2. The van der Waals surface area contributed by atoms with Gasteiger partial charge in [-0.25, -0.2) is 8.42 Å². The molecule has 0 bridgehead atoms. The first-order valence-electron chi connectivity index (χ1n) is 7.87. The number of hydrogen-bond donors (Lipinski definition) is 1. The van der Waals surface area contributed by atoms with Crippen LogP contribution in [0.15, 0.2) is 48.5 Å². The zero-order valence-electron chi connectivity index (χ0n) is 14.3. The highest BCUT2D eigenvalue weighted by molar-refractivity contribution is 7.93. The van der Waals surface area contributed by atoms with E-state index in [0.717, 1.165) is 0 Å². The van der Waals surface area contributed by atoms with E-state index in [0.29, 0.717) is 22.7 Å². The highest BCUT2D eigenvalue weighted by atomic mass is 32.2. The fraction of sp³-hybridized carbons (Fsp3) is 0.222. The van der Waals surface area contributed by atoms with E-state index in [1.807, 2.05) is 0 Å². The van der Waals surface area contributed by atoms with E-state index in [9.17, 15) is 18.0 Å². The first-order valence-corrected chi connectivity index (χ1v) is 9.58. The molecule has 26 heavy (non-hydrogen) atoms. The van der Waals surface area contributed by atoms with Crippen LogP contribution in [0.1, 0.15) is 17.9 Å². The van der Waals surface area contributed by atoms with Gasteiger partial charge < -0.3 is 10.1 Å². The molecule has 1 aliphatic rings. The van der Waals surface area contributed by atoms with Crippen LogP contribution >= 0.6 is 0 Å². The number of methoxy groups -OCH3 is 1. The topological polar surface area (TPSA) is 92.8 Å². The Morgan fingerprint density at radius 2 is 1.73 bits per heavy atom. The minimum Gasteiger partial charge on any atom is -0.497 e. The van der Waals surface area contributed by atoms with E-state index in [2.05, 4.69) is 5.32 Å². The summed E-state index contributed by atoms with van der Waals surface area (Å²) in [5.74, 6) is -0.648. The molecule has 7 nitrogen and oxygen atoms in total. The number of rotatable bonds is 4. The van der Waals surface area contributed by atoms with Gasteiger partial charge in [0.2, 0.25) is 11.8 Å². The van der Waals surface area contributed by atoms with Crippen LogP contribution in [0, 0.1) is 0 Å². The predicted molar refractivity (Wildman–Crippen MR) is 97.8 cm³/mol. The molecule has 1 heterocycles. The molecule has 0 saturated carbocycles. The van der Waals surface area contributed by atoms with Gasteiger partial charge in [-0.2, -0.15) is 0 Å². The molecule has 1 saturated heterocycles. The van der Waals surface area contributed by atoms with Crippen molar-refractivity contribution < 1.29 is 22.7 Å². The van der Waals surface area contributed by atoms with Gasteiger partial charge >= 0.3 is 0 Å². The van der Waals surface area contributed by atoms with Crippen molar-refractivity contribution in [1.29, 1.82) is 0 Å². The molecule has 8 heteroatoms. The van der Waals surface area contributed by atoms with Crippen LogP contribution in [0.25, 0.3) is 0 Å². The number of hydrogen-bond acceptors (Lipinski definition) is 5. The van der Waals surface area contributed by atoms with Crippen LogP contribution in [-0.4, -0.2) is 33.1 Å². The van der Waals surface area contributed by atoms with Gasteiger partial charge in [-0.1, -0.05) is 12.1 Å². The Hall–Kier alpha value is -2.87. The second kappa shape index (κ2) is 6.80. The standard InChI is InChI=1S/C18H18N2O5S/c1-12(21)19-14-5-7-15(8-6-14)20-17(22)11-26(23,24)18(20)13-3-9-16(25-2)10-4-13/h3-10,18H,11H2,1-2H3,(H,19,21)/t18-/m0/s1. The van der Waals surface area contributed by atoms with Crippen molar-refractivity contribution in [2.24, 2.45) is 0 Å². The molecular formula is C18H18N2O5S. The molecule has 1 aliphatic heterocycles. The number of amides is 2. The van der Waals surface area contributed by atoms with Crippen molar-refractivity contribution >= 4 is 33.0 Å². The summed E-state index contributed by atoms with van der Waals surface area (Å²) >= 11 is 0. The van der Waals surface area contributed by atoms with E-state index >= 15 is 0 Å². The fourth-order valence-corrected chi connectivity index (χ4v) is 4.70. The van der Waals surface area contributed by atoms with E-state index in [1.165, 1.54) is 18.9 Å². The minimum atomic E-state index is -3.67. The lowest BCUT2D eigenvalue weighted by atomic mass is 10.1. The Morgan fingerprint density at radius 3 is 2.27 bits per heavy atom. The Morgan fingerprint density at radius 1 is 1.12 bits per heavy atom. The molecule has 0 radical (unpaired) electrons. The van der Waals surface area contributed by atoms with Gasteiger partial charge in [0.15, 0.2) is 15.2 Å². The van der Waals surface area contributed by atoms with Gasteiger partial charge in [-0.05, 0) is 42.0 Å². The molecule has 1 atom stereocenters. The normalized spacial score (nSPS) is 18.6. The second-order valence-electron chi connectivity index (χ2n) is 5.92. The van der Waals surface area contributed by atoms with Crippen LogP contribution in [0.5, 0.6) is 5.75 Å². The lowest BCUT2D eigenvalue weighted by Crippen LogP contribution is -2.29. The summed E-state index contributed by atoms with van der Waals surface area (Å²) in [7, 11) is -2.15. The number of carbonyl (C=O) groups is 2. The van der Waals surface area contributed by atoms with Gasteiger partial charge in [0, 0.05) is 18.3 Å².